The molecule has 0 saturated heterocycles. The number of aliphatic hydroxyl groups excluding tert-OH is 1. The van der Waals surface area contributed by atoms with E-state index in [1.807, 2.05) is 35.3 Å². The largest absolute Gasteiger partial charge is 0.391 e. The lowest BCUT2D eigenvalue weighted by atomic mass is 10.2. The van der Waals surface area contributed by atoms with Crippen LogP contribution in [0.4, 0.5) is 17.5 Å². The van der Waals surface area contributed by atoms with Gasteiger partial charge in [-0.05, 0) is 24.4 Å². The zero-order valence-electron chi connectivity index (χ0n) is 18.9. The van der Waals surface area contributed by atoms with Crippen molar-refractivity contribution in [3.8, 4) is 5.82 Å². The summed E-state index contributed by atoms with van der Waals surface area (Å²) in [6.07, 6.45) is 7.71. The van der Waals surface area contributed by atoms with E-state index in [1.54, 1.807) is 17.7 Å². The minimum Gasteiger partial charge on any atom is -0.391 e. The average molecular weight is 470 g/mol. The Morgan fingerprint density at radius 2 is 2.06 bits per heavy atom. The summed E-state index contributed by atoms with van der Waals surface area (Å²) in [5.41, 5.74) is 7.64. The van der Waals surface area contributed by atoms with E-state index >= 15 is 0 Å². The van der Waals surface area contributed by atoms with Crippen LogP contribution in [0, 0.1) is 6.92 Å². The smallest absolute Gasteiger partial charge is 0.278 e. The van der Waals surface area contributed by atoms with Gasteiger partial charge >= 0.3 is 0 Å². The summed E-state index contributed by atoms with van der Waals surface area (Å²) in [4.78, 5) is 29.1. The van der Waals surface area contributed by atoms with Crippen LogP contribution >= 0.6 is 0 Å². The summed E-state index contributed by atoms with van der Waals surface area (Å²) < 4.78 is 5.73. The van der Waals surface area contributed by atoms with Gasteiger partial charge in [-0.15, -0.1) is 0 Å². The van der Waals surface area contributed by atoms with Crippen molar-refractivity contribution in [2.24, 2.45) is 0 Å². The predicted octanol–water partition coefficient (Wildman–Crippen LogP) is 1.30. The molecule has 5 aromatic heterocycles. The second-order valence-corrected chi connectivity index (χ2v) is 8.39. The highest BCUT2D eigenvalue weighted by Crippen LogP contribution is 2.26. The van der Waals surface area contributed by atoms with E-state index in [2.05, 4.69) is 29.8 Å². The standard InChI is InChI=1S/C23H22N10O2/c1-13-17(11-34)23(35)27-12-32(13)20-7-14-6-18(26-9-16(14)22(24)29-20)28-19-8-15-2-4-31-5-3-25-21(31)10-33(15)30-19/h3,5-9,12,34H,2,4,10-11H2,1H3,(H2,24,29)(H,26,28,30). The number of nitrogens with one attached hydrogen (secondary N) is 1. The maximum Gasteiger partial charge on any atom is 0.278 e. The van der Waals surface area contributed by atoms with Crippen molar-refractivity contribution in [1.29, 1.82) is 0 Å². The van der Waals surface area contributed by atoms with E-state index in [4.69, 9.17) is 10.8 Å². The van der Waals surface area contributed by atoms with Gasteiger partial charge in [0.05, 0.1) is 18.7 Å². The number of nitrogens with zero attached hydrogens (tertiary/aromatic N) is 8. The molecule has 5 aromatic rings. The number of hydrogen-bond donors (Lipinski definition) is 3. The van der Waals surface area contributed by atoms with Crippen LogP contribution in [0.3, 0.4) is 0 Å². The third-order valence-corrected chi connectivity index (χ3v) is 6.30. The Labute approximate surface area is 198 Å². The fourth-order valence-corrected chi connectivity index (χ4v) is 4.39. The minimum atomic E-state index is -0.465. The summed E-state index contributed by atoms with van der Waals surface area (Å²) in [7, 11) is 0. The fraction of sp³-hybridized carbons (Fsp3) is 0.217. The van der Waals surface area contributed by atoms with E-state index in [0.29, 0.717) is 40.9 Å². The van der Waals surface area contributed by atoms with Gasteiger partial charge in [0, 0.05) is 54.4 Å². The number of hydrogen-bond acceptors (Lipinski definition) is 9. The van der Waals surface area contributed by atoms with Gasteiger partial charge in [0.15, 0.2) is 5.82 Å². The molecule has 0 amide bonds. The van der Waals surface area contributed by atoms with E-state index in [-0.39, 0.29) is 5.56 Å². The highest BCUT2D eigenvalue weighted by Gasteiger charge is 2.17. The van der Waals surface area contributed by atoms with E-state index < -0.39 is 12.2 Å². The molecule has 0 bridgehead atoms. The number of aliphatic hydroxyl groups is 1. The van der Waals surface area contributed by atoms with Crippen LogP contribution < -0.4 is 16.6 Å². The first kappa shape index (κ1) is 21.0. The normalized spacial score (nSPS) is 12.9. The molecular weight excluding hydrogens is 448 g/mol. The quantitative estimate of drug-likeness (QED) is 0.352. The Kier molecular flexibility index (Phi) is 4.81. The van der Waals surface area contributed by atoms with Crippen molar-refractivity contribution in [1.82, 2.24) is 38.9 Å². The molecule has 1 aliphatic heterocycles. The van der Waals surface area contributed by atoms with Gasteiger partial charge in [-0.25, -0.2) is 15.0 Å². The highest BCUT2D eigenvalue weighted by molar-refractivity contribution is 5.93. The molecule has 0 atom stereocenters. The molecule has 35 heavy (non-hydrogen) atoms. The average Bonchev–Trinajstić information content (AvgIpc) is 3.40. The second-order valence-electron chi connectivity index (χ2n) is 8.39. The first-order valence-corrected chi connectivity index (χ1v) is 11.1. The number of fused-ring (bicyclic) bond motifs is 3. The molecule has 6 heterocycles. The third kappa shape index (κ3) is 3.60. The zero-order chi connectivity index (χ0) is 24.1. The van der Waals surface area contributed by atoms with Crippen LogP contribution in [0.25, 0.3) is 16.6 Å². The van der Waals surface area contributed by atoms with E-state index in [9.17, 15) is 9.90 Å². The Balaban J connectivity index is 1.34. The lowest BCUT2D eigenvalue weighted by molar-refractivity contribution is 0.278. The first-order chi connectivity index (χ1) is 17.0. The molecule has 0 aromatic carbocycles. The van der Waals surface area contributed by atoms with Crippen molar-refractivity contribution in [3.63, 3.8) is 0 Å². The van der Waals surface area contributed by atoms with Crippen LogP contribution in [0.5, 0.6) is 0 Å². The van der Waals surface area contributed by atoms with Crippen LogP contribution in [-0.2, 0) is 26.1 Å². The number of rotatable bonds is 4. The van der Waals surface area contributed by atoms with Gasteiger partial charge < -0.3 is 20.7 Å². The molecule has 0 saturated carbocycles. The number of nitrogen functional groups attached to an aromatic ring is 1. The number of anilines is 3. The molecule has 4 N–H and O–H groups in total. The molecule has 1 aliphatic rings. The highest BCUT2D eigenvalue weighted by atomic mass is 16.3. The van der Waals surface area contributed by atoms with Crippen molar-refractivity contribution in [2.45, 2.75) is 33.0 Å². The van der Waals surface area contributed by atoms with Gasteiger partial charge in [0.2, 0.25) is 0 Å². The van der Waals surface area contributed by atoms with Crippen LogP contribution in [0.2, 0.25) is 0 Å². The minimum absolute atomic E-state index is 0.215. The fourth-order valence-electron chi connectivity index (χ4n) is 4.39. The van der Waals surface area contributed by atoms with Crippen LogP contribution in [0.1, 0.15) is 22.8 Å². The maximum absolute atomic E-state index is 11.9. The molecule has 6 rings (SSSR count). The summed E-state index contributed by atoms with van der Waals surface area (Å²) >= 11 is 0. The van der Waals surface area contributed by atoms with Gasteiger partial charge in [-0.2, -0.15) is 10.1 Å². The van der Waals surface area contributed by atoms with E-state index in [1.165, 1.54) is 6.33 Å². The molecule has 0 radical (unpaired) electrons. The number of pyridine rings is 2. The van der Waals surface area contributed by atoms with E-state index in [0.717, 1.165) is 29.9 Å². The first-order valence-electron chi connectivity index (χ1n) is 11.1. The summed E-state index contributed by atoms with van der Waals surface area (Å²) in [5, 5.41) is 19.0. The number of aromatic nitrogens is 8. The molecule has 0 fully saturated rings. The molecule has 12 nitrogen and oxygen atoms in total. The zero-order valence-corrected chi connectivity index (χ0v) is 18.9. The molecular formula is C23H22N10O2. The van der Waals surface area contributed by atoms with Gasteiger partial charge in [0.25, 0.3) is 5.56 Å². The summed E-state index contributed by atoms with van der Waals surface area (Å²) in [6, 6.07) is 5.73. The van der Waals surface area contributed by atoms with Crippen molar-refractivity contribution in [2.75, 3.05) is 11.1 Å². The molecule has 176 valence electrons. The lowest BCUT2D eigenvalue weighted by Crippen LogP contribution is -2.20. The topological polar surface area (TPSA) is 155 Å². The number of imidazole rings is 1. The van der Waals surface area contributed by atoms with Crippen molar-refractivity contribution < 1.29 is 5.11 Å². The Hall–Kier alpha value is -4.58. The Morgan fingerprint density at radius 1 is 1.17 bits per heavy atom. The Morgan fingerprint density at radius 3 is 2.91 bits per heavy atom. The molecule has 0 aliphatic carbocycles. The molecule has 12 heteroatoms. The molecule has 0 unspecified atom stereocenters. The van der Waals surface area contributed by atoms with Crippen LogP contribution in [-0.4, -0.2) is 44.0 Å². The third-order valence-electron chi connectivity index (χ3n) is 6.30. The number of aryl methyl sites for hydroxylation is 2. The van der Waals surface area contributed by atoms with Gasteiger partial charge in [-0.1, -0.05) is 0 Å². The SMILES string of the molecule is Cc1c(CO)c(=O)ncn1-c1cc2cc(Nc3cc4n(n3)Cc3nccn3CC4)ncc2c(N)n1. The maximum atomic E-state index is 11.9. The molecule has 0 spiro atoms. The second kappa shape index (κ2) is 8.02. The van der Waals surface area contributed by atoms with Crippen LogP contribution in [0.15, 0.2) is 47.9 Å². The van der Waals surface area contributed by atoms with Gasteiger partial charge in [0.1, 0.15) is 29.6 Å². The number of nitrogens with two attached hydrogens (primary N) is 1. The summed E-state index contributed by atoms with van der Waals surface area (Å²) in [5.74, 6) is 3.06. The van der Waals surface area contributed by atoms with Crippen molar-refractivity contribution >= 4 is 28.2 Å². The monoisotopic (exact) mass is 470 g/mol. The summed E-state index contributed by atoms with van der Waals surface area (Å²) in [6.45, 7) is 2.80. The van der Waals surface area contributed by atoms with Gasteiger partial charge in [-0.3, -0.25) is 14.0 Å². The van der Waals surface area contributed by atoms with Crippen molar-refractivity contribution in [3.05, 3.63) is 76.2 Å². The predicted molar refractivity (Wildman–Crippen MR) is 129 cm³/mol. The Bertz CT molecular complexity index is 1650. The lowest BCUT2D eigenvalue weighted by Gasteiger charge is -2.13.